The van der Waals surface area contributed by atoms with E-state index >= 15 is 0 Å². The Balaban J connectivity index is 2.63. The molecule has 0 fully saturated rings. The van der Waals surface area contributed by atoms with Crippen LogP contribution in [0, 0.1) is 0 Å². The van der Waals surface area contributed by atoms with Gasteiger partial charge in [-0.2, -0.15) is 0 Å². The van der Waals surface area contributed by atoms with Gasteiger partial charge in [-0.05, 0) is 25.5 Å². The van der Waals surface area contributed by atoms with E-state index in [2.05, 4.69) is 6.08 Å². The summed E-state index contributed by atoms with van der Waals surface area (Å²) in [6.07, 6.45) is 2.86. The smallest absolute Gasteiger partial charge is 0.119 e. The zero-order valence-electron chi connectivity index (χ0n) is 8.41. The molecule has 2 N–H and O–H groups in total. The van der Waals surface area contributed by atoms with E-state index in [1.807, 2.05) is 13.8 Å². The lowest BCUT2D eigenvalue weighted by molar-refractivity contribution is 0.446. The first-order valence-electron chi connectivity index (χ1n) is 4.80. The van der Waals surface area contributed by atoms with Gasteiger partial charge < -0.3 is 10.2 Å². The van der Waals surface area contributed by atoms with Crippen molar-refractivity contribution in [2.45, 2.75) is 26.2 Å². The average Bonchev–Trinajstić information content (AvgIpc) is 2.10. The maximum atomic E-state index is 9.70. The first-order valence-corrected chi connectivity index (χ1v) is 4.80. The summed E-state index contributed by atoms with van der Waals surface area (Å²) in [5.41, 5.74) is 2.99. The predicted octanol–water partition coefficient (Wildman–Crippen LogP) is 2.70. The highest BCUT2D eigenvalue weighted by atomic mass is 16.3. The fraction of sp³-hybridized carbons (Fsp3) is 0.333. The van der Waals surface area contributed by atoms with Crippen LogP contribution in [-0.4, -0.2) is 10.2 Å². The number of phenols is 2. The second-order valence-electron chi connectivity index (χ2n) is 3.97. The van der Waals surface area contributed by atoms with Crippen molar-refractivity contribution in [3.63, 3.8) is 0 Å². The summed E-state index contributed by atoms with van der Waals surface area (Å²) in [6.45, 7) is 4.07. The molecule has 1 aliphatic carbocycles. The highest BCUT2D eigenvalue weighted by Gasteiger charge is 2.21. The van der Waals surface area contributed by atoms with Gasteiger partial charge in [-0.3, -0.25) is 0 Å². The van der Waals surface area contributed by atoms with Crippen molar-refractivity contribution >= 4 is 0 Å². The lowest BCUT2D eigenvalue weighted by atomic mass is 9.84. The summed E-state index contributed by atoms with van der Waals surface area (Å²) in [5, 5.41) is 19.4. The minimum Gasteiger partial charge on any atom is -0.508 e. The van der Waals surface area contributed by atoms with Gasteiger partial charge in [-0.1, -0.05) is 18.6 Å². The van der Waals surface area contributed by atoms with Crippen molar-refractivity contribution in [2.24, 2.45) is 0 Å². The number of aromatic hydroxyl groups is 2. The minimum absolute atomic E-state index is 0.186. The lowest BCUT2D eigenvalue weighted by Gasteiger charge is -2.22. The topological polar surface area (TPSA) is 40.5 Å². The Bertz CT molecular complexity index is 405. The largest absolute Gasteiger partial charge is 0.508 e. The maximum absolute atomic E-state index is 9.70. The number of fused-ring (bicyclic) bond motifs is 1. The molecule has 1 aliphatic rings. The van der Waals surface area contributed by atoms with Crippen LogP contribution in [0.3, 0.4) is 0 Å². The summed E-state index contributed by atoms with van der Waals surface area (Å²) in [5.74, 6) is 0.761. The van der Waals surface area contributed by atoms with Crippen molar-refractivity contribution in [1.29, 1.82) is 0 Å². The molecule has 14 heavy (non-hydrogen) atoms. The summed E-state index contributed by atoms with van der Waals surface area (Å²) >= 11 is 0. The Hall–Kier alpha value is -1.44. The molecule has 0 spiro atoms. The number of rotatable bonds is 0. The van der Waals surface area contributed by atoms with Gasteiger partial charge in [0.05, 0.1) is 0 Å². The van der Waals surface area contributed by atoms with E-state index in [-0.39, 0.29) is 17.4 Å². The van der Waals surface area contributed by atoms with E-state index < -0.39 is 0 Å². The second kappa shape index (κ2) is 3.05. The number of phenolic OH excluding ortho intramolecular Hbond substituents is 2. The van der Waals surface area contributed by atoms with Gasteiger partial charge in [0, 0.05) is 17.0 Å². The second-order valence-corrected chi connectivity index (χ2v) is 3.97. The Morgan fingerprint density at radius 3 is 2.57 bits per heavy atom. The van der Waals surface area contributed by atoms with Crippen molar-refractivity contribution in [1.82, 2.24) is 0 Å². The normalized spacial score (nSPS) is 20.1. The molecule has 2 rings (SSSR count). The van der Waals surface area contributed by atoms with Gasteiger partial charge in [-0.15, -0.1) is 0 Å². The van der Waals surface area contributed by atoms with Gasteiger partial charge >= 0.3 is 0 Å². The first kappa shape index (κ1) is 9.13. The SMILES string of the molecule is CC1=CC(C)c2c(O)ccc(O)c2C1. The van der Waals surface area contributed by atoms with Gasteiger partial charge in [0.1, 0.15) is 11.5 Å². The molecule has 0 bridgehead atoms. The number of benzene rings is 1. The van der Waals surface area contributed by atoms with Crippen LogP contribution < -0.4 is 0 Å². The number of hydrogen-bond acceptors (Lipinski definition) is 2. The third-order valence-electron chi connectivity index (χ3n) is 2.75. The van der Waals surface area contributed by atoms with E-state index in [0.29, 0.717) is 0 Å². The zero-order chi connectivity index (χ0) is 10.3. The maximum Gasteiger partial charge on any atom is 0.119 e. The minimum atomic E-state index is 0.186. The fourth-order valence-electron chi connectivity index (χ4n) is 2.18. The monoisotopic (exact) mass is 190 g/mol. The predicted molar refractivity (Wildman–Crippen MR) is 55.6 cm³/mol. The van der Waals surface area contributed by atoms with E-state index in [1.54, 1.807) is 12.1 Å². The summed E-state index contributed by atoms with van der Waals surface area (Å²) in [4.78, 5) is 0. The number of allylic oxidation sites excluding steroid dienone is 2. The third kappa shape index (κ3) is 1.27. The molecule has 0 aromatic heterocycles. The van der Waals surface area contributed by atoms with Gasteiger partial charge in [0.25, 0.3) is 0 Å². The molecule has 2 heteroatoms. The molecule has 1 atom stereocenters. The number of hydrogen-bond donors (Lipinski definition) is 2. The van der Waals surface area contributed by atoms with Gasteiger partial charge in [0.15, 0.2) is 0 Å². The first-order chi connectivity index (χ1) is 6.59. The third-order valence-corrected chi connectivity index (χ3v) is 2.75. The zero-order valence-corrected chi connectivity index (χ0v) is 8.41. The van der Waals surface area contributed by atoms with Crippen LogP contribution in [0.25, 0.3) is 0 Å². The molecule has 0 saturated heterocycles. The summed E-state index contributed by atoms with van der Waals surface area (Å²) < 4.78 is 0. The molecule has 1 aromatic rings. The van der Waals surface area contributed by atoms with Crippen molar-refractivity contribution in [2.75, 3.05) is 0 Å². The molecule has 2 nitrogen and oxygen atoms in total. The Morgan fingerprint density at radius 2 is 1.86 bits per heavy atom. The molecule has 0 saturated carbocycles. The molecule has 0 amide bonds. The Labute approximate surface area is 83.5 Å². The van der Waals surface area contributed by atoms with Crippen LogP contribution in [0.15, 0.2) is 23.8 Å². The van der Waals surface area contributed by atoms with Crippen LogP contribution >= 0.6 is 0 Å². The van der Waals surface area contributed by atoms with E-state index in [9.17, 15) is 10.2 Å². The highest BCUT2D eigenvalue weighted by Crippen LogP contribution is 2.40. The Morgan fingerprint density at radius 1 is 1.21 bits per heavy atom. The van der Waals surface area contributed by atoms with Crippen LogP contribution in [0.2, 0.25) is 0 Å². The van der Waals surface area contributed by atoms with Gasteiger partial charge in [0.2, 0.25) is 0 Å². The highest BCUT2D eigenvalue weighted by molar-refractivity contribution is 5.54. The lowest BCUT2D eigenvalue weighted by Crippen LogP contribution is -2.05. The molecular weight excluding hydrogens is 176 g/mol. The fourth-order valence-corrected chi connectivity index (χ4v) is 2.18. The molecule has 1 unspecified atom stereocenters. The molecular formula is C12H14O2. The molecule has 74 valence electrons. The Kier molecular flexibility index (Phi) is 1.99. The van der Waals surface area contributed by atoms with Crippen LogP contribution in [0.5, 0.6) is 11.5 Å². The average molecular weight is 190 g/mol. The van der Waals surface area contributed by atoms with Gasteiger partial charge in [-0.25, -0.2) is 0 Å². The molecule has 0 heterocycles. The quantitative estimate of drug-likeness (QED) is 0.487. The summed E-state index contributed by atoms with van der Waals surface area (Å²) in [7, 11) is 0. The van der Waals surface area contributed by atoms with E-state index in [4.69, 9.17) is 0 Å². The standard InChI is InChI=1S/C12H14O2/c1-7-5-8(2)12-9(6-7)10(13)3-4-11(12)14/h3-5,8,13-14H,6H2,1-2H3. The van der Waals surface area contributed by atoms with E-state index in [1.165, 1.54) is 5.57 Å². The van der Waals surface area contributed by atoms with Crippen molar-refractivity contribution < 1.29 is 10.2 Å². The molecule has 0 aliphatic heterocycles. The molecule has 1 aromatic carbocycles. The summed E-state index contributed by atoms with van der Waals surface area (Å²) in [6, 6.07) is 3.11. The van der Waals surface area contributed by atoms with Crippen LogP contribution in [-0.2, 0) is 6.42 Å². The van der Waals surface area contributed by atoms with E-state index in [0.717, 1.165) is 17.5 Å². The molecule has 0 radical (unpaired) electrons. The van der Waals surface area contributed by atoms with Crippen molar-refractivity contribution in [3.8, 4) is 11.5 Å². The van der Waals surface area contributed by atoms with Crippen molar-refractivity contribution in [3.05, 3.63) is 34.9 Å². The van der Waals surface area contributed by atoms with Crippen LogP contribution in [0.1, 0.15) is 30.9 Å². The van der Waals surface area contributed by atoms with Crippen LogP contribution in [0.4, 0.5) is 0 Å².